The van der Waals surface area contributed by atoms with E-state index in [1.165, 1.54) is 22.9 Å². The minimum Gasteiger partial charge on any atom is -0.338 e. The molecular weight excluding hydrogens is 515 g/mol. The van der Waals surface area contributed by atoms with E-state index in [0.29, 0.717) is 61.6 Å². The molecule has 3 fully saturated rings. The van der Waals surface area contributed by atoms with Crippen molar-refractivity contribution in [1.29, 1.82) is 0 Å². The van der Waals surface area contributed by atoms with E-state index in [-0.39, 0.29) is 23.6 Å². The number of aromatic nitrogens is 2. The fourth-order valence-corrected chi connectivity index (χ4v) is 6.07. The molecule has 1 aliphatic carbocycles. The number of nitrogens with two attached hydrogens (primary N) is 2. The first kappa shape index (κ1) is 28.2. The largest absolute Gasteiger partial charge is 0.354 e. The fourth-order valence-electron chi connectivity index (χ4n) is 6.07. The van der Waals surface area contributed by atoms with Gasteiger partial charge in [0.1, 0.15) is 11.6 Å². The zero-order valence-corrected chi connectivity index (χ0v) is 23.3. The van der Waals surface area contributed by atoms with Crippen LogP contribution < -0.4 is 22.5 Å². The summed E-state index contributed by atoms with van der Waals surface area (Å²) in [6.45, 7) is 9.65. The molecule has 0 spiro atoms. The molecule has 3 aliphatic rings. The Morgan fingerprint density at radius 2 is 1.77 bits per heavy atom. The van der Waals surface area contributed by atoms with Crippen LogP contribution in [0, 0.1) is 23.6 Å². The van der Waals surface area contributed by atoms with Crippen molar-refractivity contribution in [3.05, 3.63) is 52.3 Å². The molecule has 3 heterocycles. The quantitative estimate of drug-likeness (QED) is 0.461. The predicted octanol–water partition coefficient (Wildman–Crippen LogP) is 0.853. The molecule has 2 saturated heterocycles. The SMILES string of the molecule is CC(Cc1ccc(-n2ccc(NC(=O)N3CCN(C(=O)C(C)(C)N)CC3)nc2=O)cc1F)N1C[C@@H]2[C@@H](CN)[C@@H]2C1. The third-order valence-corrected chi connectivity index (χ3v) is 8.57. The van der Waals surface area contributed by atoms with E-state index in [1.807, 2.05) is 0 Å². The summed E-state index contributed by atoms with van der Waals surface area (Å²) in [5, 5.41) is 2.64. The molecule has 5 N–H and O–H groups in total. The molecule has 0 radical (unpaired) electrons. The van der Waals surface area contributed by atoms with Gasteiger partial charge in [0.2, 0.25) is 5.91 Å². The maximum atomic E-state index is 15.1. The summed E-state index contributed by atoms with van der Waals surface area (Å²) in [6, 6.07) is 6.08. The average Bonchev–Trinajstić information content (AvgIpc) is 3.38. The number of piperazine rings is 1. The van der Waals surface area contributed by atoms with E-state index in [9.17, 15) is 14.4 Å². The van der Waals surface area contributed by atoms with Crippen LogP contribution in [-0.2, 0) is 11.2 Å². The zero-order chi connectivity index (χ0) is 28.8. The molecule has 40 heavy (non-hydrogen) atoms. The van der Waals surface area contributed by atoms with Gasteiger partial charge in [0.15, 0.2) is 0 Å². The number of carbonyl (C=O) groups is 2. The average molecular weight is 555 g/mol. The lowest BCUT2D eigenvalue weighted by Crippen LogP contribution is -2.58. The van der Waals surface area contributed by atoms with Gasteiger partial charge in [-0.1, -0.05) is 6.07 Å². The Morgan fingerprint density at radius 3 is 2.35 bits per heavy atom. The van der Waals surface area contributed by atoms with E-state index < -0.39 is 17.3 Å². The number of carbonyl (C=O) groups excluding carboxylic acids is 2. The molecule has 0 bridgehead atoms. The molecule has 1 aromatic heterocycles. The predicted molar refractivity (Wildman–Crippen MR) is 149 cm³/mol. The zero-order valence-electron chi connectivity index (χ0n) is 23.3. The van der Waals surface area contributed by atoms with Gasteiger partial charge >= 0.3 is 11.7 Å². The monoisotopic (exact) mass is 554 g/mol. The van der Waals surface area contributed by atoms with Crippen molar-refractivity contribution in [3.63, 3.8) is 0 Å². The van der Waals surface area contributed by atoms with Gasteiger partial charge in [-0.3, -0.25) is 19.6 Å². The fraction of sp³-hybridized carbons (Fsp3) is 0.571. The third-order valence-electron chi connectivity index (χ3n) is 8.57. The molecule has 5 rings (SSSR count). The number of hydrogen-bond acceptors (Lipinski definition) is 7. The smallest absolute Gasteiger partial charge is 0.338 e. The third kappa shape index (κ3) is 5.74. The summed E-state index contributed by atoms with van der Waals surface area (Å²) in [5.41, 5.74) is 11.1. The van der Waals surface area contributed by atoms with Gasteiger partial charge in [-0.05, 0) is 75.3 Å². The molecule has 1 saturated carbocycles. The number of anilines is 1. The number of likely N-dealkylation sites (tertiary alicyclic amines) is 1. The Morgan fingerprint density at radius 1 is 1.12 bits per heavy atom. The molecular formula is C28H39FN8O3. The van der Waals surface area contributed by atoms with Crippen LogP contribution in [0.25, 0.3) is 5.69 Å². The van der Waals surface area contributed by atoms with E-state index in [0.717, 1.165) is 19.6 Å². The van der Waals surface area contributed by atoms with Crippen LogP contribution in [0.3, 0.4) is 0 Å². The van der Waals surface area contributed by atoms with Crippen LogP contribution in [0.15, 0.2) is 35.3 Å². The Labute approximate surface area is 233 Å². The lowest BCUT2D eigenvalue weighted by molar-refractivity contribution is -0.137. The number of piperidine rings is 1. The second-order valence-corrected chi connectivity index (χ2v) is 11.9. The first-order valence-corrected chi connectivity index (χ1v) is 13.9. The van der Waals surface area contributed by atoms with Crippen LogP contribution in [0.1, 0.15) is 26.3 Å². The lowest BCUT2D eigenvalue weighted by atomic mass is 10.0. The minimum atomic E-state index is -0.969. The summed E-state index contributed by atoms with van der Waals surface area (Å²) < 4.78 is 16.3. The summed E-state index contributed by atoms with van der Waals surface area (Å²) in [5.74, 6) is 1.60. The van der Waals surface area contributed by atoms with Gasteiger partial charge in [-0.25, -0.2) is 14.0 Å². The number of nitrogens with one attached hydrogen (secondary N) is 1. The summed E-state index contributed by atoms with van der Waals surface area (Å²) in [6.07, 6.45) is 2.05. The number of urea groups is 1. The van der Waals surface area contributed by atoms with Gasteiger partial charge in [0.05, 0.1) is 11.2 Å². The number of rotatable bonds is 7. The molecule has 12 heteroatoms. The van der Waals surface area contributed by atoms with Crippen LogP contribution in [0.4, 0.5) is 15.0 Å². The van der Waals surface area contributed by atoms with Crippen molar-refractivity contribution in [1.82, 2.24) is 24.3 Å². The van der Waals surface area contributed by atoms with E-state index in [2.05, 4.69) is 22.1 Å². The molecule has 2 aliphatic heterocycles. The summed E-state index contributed by atoms with van der Waals surface area (Å²) in [4.78, 5) is 47.4. The van der Waals surface area contributed by atoms with Crippen molar-refractivity contribution in [2.24, 2.45) is 29.2 Å². The van der Waals surface area contributed by atoms with E-state index in [1.54, 1.807) is 35.8 Å². The molecule has 11 nitrogen and oxygen atoms in total. The number of fused-ring (bicyclic) bond motifs is 1. The number of halogens is 1. The Balaban J connectivity index is 1.16. The number of hydrogen-bond donors (Lipinski definition) is 3. The highest BCUT2D eigenvalue weighted by Gasteiger charge is 2.55. The lowest BCUT2D eigenvalue weighted by Gasteiger charge is -2.37. The van der Waals surface area contributed by atoms with Gasteiger partial charge in [-0.15, -0.1) is 0 Å². The minimum absolute atomic E-state index is 0.0966. The molecule has 1 unspecified atom stereocenters. The van der Waals surface area contributed by atoms with E-state index >= 15 is 4.39 Å². The Bertz CT molecular complexity index is 1320. The van der Waals surface area contributed by atoms with E-state index in [4.69, 9.17) is 11.5 Å². The molecule has 3 amide bonds. The summed E-state index contributed by atoms with van der Waals surface area (Å²) in [7, 11) is 0. The molecule has 2 aromatic rings. The molecule has 1 aromatic carbocycles. The van der Waals surface area contributed by atoms with Crippen LogP contribution in [0.2, 0.25) is 0 Å². The van der Waals surface area contributed by atoms with Crippen molar-refractivity contribution in [2.45, 2.75) is 38.8 Å². The standard InChI is InChI=1S/C28H39FN8O3/c1-17(36-15-21-20(14-30)22(21)16-36)12-18-4-5-19(13-23(18)29)37-7-6-24(33-27(37)40)32-26(39)35-10-8-34(9-11-35)25(38)28(2,3)31/h4-7,13,17,20-22H,8-12,14-16,30-31H2,1-3H3,(H,32,33,39,40)/t17?,20-,21-,22+. The highest BCUT2D eigenvalue weighted by molar-refractivity contribution is 5.89. The Hall–Kier alpha value is -3.35. The first-order chi connectivity index (χ1) is 19.0. The normalized spacial score (nSPS) is 23.6. The van der Waals surface area contributed by atoms with Gasteiger partial charge in [0.25, 0.3) is 0 Å². The highest BCUT2D eigenvalue weighted by atomic mass is 19.1. The molecule has 216 valence electrons. The molecule has 4 atom stereocenters. The van der Waals surface area contributed by atoms with Gasteiger partial charge in [0, 0.05) is 51.5 Å². The Kier molecular flexibility index (Phi) is 7.68. The second kappa shape index (κ2) is 10.9. The topological polar surface area (TPSA) is 143 Å². The number of nitrogens with zero attached hydrogens (tertiary/aromatic N) is 5. The van der Waals surface area contributed by atoms with Crippen molar-refractivity contribution in [3.8, 4) is 5.69 Å². The maximum absolute atomic E-state index is 15.1. The van der Waals surface area contributed by atoms with Crippen LogP contribution in [-0.4, -0.2) is 93.6 Å². The van der Waals surface area contributed by atoms with Gasteiger partial charge < -0.3 is 21.3 Å². The van der Waals surface area contributed by atoms with Crippen LogP contribution in [0.5, 0.6) is 0 Å². The highest BCUT2D eigenvalue weighted by Crippen LogP contribution is 2.51. The van der Waals surface area contributed by atoms with Gasteiger partial charge in [-0.2, -0.15) is 4.98 Å². The summed E-state index contributed by atoms with van der Waals surface area (Å²) >= 11 is 0. The number of benzene rings is 1. The number of amides is 3. The second-order valence-electron chi connectivity index (χ2n) is 11.9. The van der Waals surface area contributed by atoms with Crippen molar-refractivity contribution in [2.75, 3.05) is 51.1 Å². The first-order valence-electron chi connectivity index (χ1n) is 13.9. The van der Waals surface area contributed by atoms with Crippen molar-refractivity contribution < 1.29 is 14.0 Å². The van der Waals surface area contributed by atoms with Crippen LogP contribution >= 0.6 is 0 Å². The van der Waals surface area contributed by atoms with Crippen molar-refractivity contribution >= 4 is 17.8 Å². The maximum Gasteiger partial charge on any atom is 0.354 e.